The Morgan fingerprint density at radius 3 is 0.964 bits per heavy atom. The Labute approximate surface area is 317 Å². The van der Waals surface area contributed by atoms with Crippen LogP contribution >= 0.6 is 0 Å². The highest BCUT2D eigenvalue weighted by molar-refractivity contribution is 5.59. The van der Waals surface area contributed by atoms with E-state index in [2.05, 4.69) is 0 Å². The normalized spacial score (nSPS) is 10.8. The summed E-state index contributed by atoms with van der Waals surface area (Å²) in [6.45, 7) is 8.71. The van der Waals surface area contributed by atoms with Crippen molar-refractivity contribution >= 4 is 22.7 Å². The van der Waals surface area contributed by atoms with Gasteiger partial charge in [0.25, 0.3) is 22.7 Å². The van der Waals surface area contributed by atoms with Crippen molar-refractivity contribution in [1.82, 2.24) is 0 Å². The number of nitrogens with zero attached hydrogens (tertiary/aromatic N) is 4. The molecule has 4 rings (SSSR count). The van der Waals surface area contributed by atoms with Crippen molar-refractivity contribution in [3.05, 3.63) is 135 Å². The van der Waals surface area contributed by atoms with E-state index < -0.39 is 19.7 Å². The van der Waals surface area contributed by atoms with E-state index >= 15 is 0 Å². The van der Waals surface area contributed by atoms with Crippen LogP contribution in [0.15, 0.2) is 60.7 Å². The van der Waals surface area contributed by atoms with E-state index in [4.69, 9.17) is 18.9 Å². The van der Waals surface area contributed by atoms with Crippen LogP contribution in [0.25, 0.3) is 0 Å². The second-order valence-corrected chi connectivity index (χ2v) is 12.7. The van der Waals surface area contributed by atoms with Crippen molar-refractivity contribution in [1.29, 1.82) is 0 Å². The first-order chi connectivity index (χ1) is 26.4. The largest absolute Gasteiger partial charge is 0.493 e. The molecule has 0 aromatic heterocycles. The van der Waals surface area contributed by atoms with Gasteiger partial charge in [0.1, 0.15) is 23.0 Å². The summed E-state index contributed by atoms with van der Waals surface area (Å²) in [5.41, 5.74) is 1.26. The Hall–Kier alpha value is -6.32. The average molecular weight is 761 g/mol. The summed E-state index contributed by atoms with van der Waals surface area (Å²) in [7, 11) is 0. The summed E-state index contributed by atoms with van der Waals surface area (Å²) in [5, 5.41) is 48.2. The van der Waals surface area contributed by atoms with E-state index in [-0.39, 0.29) is 66.7 Å². The van der Waals surface area contributed by atoms with Crippen LogP contribution in [-0.2, 0) is 19.3 Å². The summed E-state index contributed by atoms with van der Waals surface area (Å²) in [6.07, 6.45) is 2.34. The average Bonchev–Trinajstić information content (AvgIpc) is 3.15. The first-order valence-electron chi connectivity index (χ1n) is 18.1. The molecule has 292 valence electrons. The molecule has 16 nitrogen and oxygen atoms in total. The summed E-state index contributed by atoms with van der Waals surface area (Å²) in [5.74, 6) is 1.32. The van der Waals surface area contributed by atoms with Gasteiger partial charge in [0.05, 0.1) is 46.1 Å². The van der Waals surface area contributed by atoms with Gasteiger partial charge in [-0.25, -0.2) is 0 Å². The lowest BCUT2D eigenvalue weighted by atomic mass is 9.93. The van der Waals surface area contributed by atoms with Gasteiger partial charge in [0.15, 0.2) is 0 Å². The zero-order valence-corrected chi connectivity index (χ0v) is 31.2. The number of nitro benzene ring substituents is 4. The molecule has 55 heavy (non-hydrogen) atoms. The minimum Gasteiger partial charge on any atom is -0.493 e. The number of hydrogen-bond donors (Lipinski definition) is 0. The number of benzene rings is 4. The van der Waals surface area contributed by atoms with Crippen molar-refractivity contribution in [2.75, 3.05) is 26.4 Å². The van der Waals surface area contributed by atoms with Crippen LogP contribution in [0.5, 0.6) is 23.0 Å². The van der Waals surface area contributed by atoms with Gasteiger partial charge < -0.3 is 18.9 Å². The molecule has 0 aliphatic rings. The lowest BCUT2D eigenvalue weighted by Gasteiger charge is -2.20. The molecule has 0 spiro atoms. The Morgan fingerprint density at radius 1 is 0.400 bits per heavy atom. The highest BCUT2D eigenvalue weighted by atomic mass is 16.6. The SMILES string of the molecule is CCCOc1ccc([N+](=O)[O-])cc1Cc1cc([N+](=O)[O-])cc(Cc2cc([N+](=O)[O-])cc(Cc3cc([N+](=O)[O-])ccc3OCCC)c2OCCC)c1OCCC. The van der Waals surface area contributed by atoms with E-state index in [1.807, 2.05) is 27.7 Å². The zero-order valence-electron chi connectivity index (χ0n) is 31.2. The highest BCUT2D eigenvalue weighted by Crippen LogP contribution is 2.40. The summed E-state index contributed by atoms with van der Waals surface area (Å²) < 4.78 is 24.3. The van der Waals surface area contributed by atoms with E-state index in [1.54, 1.807) is 0 Å². The first-order valence-corrected chi connectivity index (χ1v) is 18.1. The molecular weight excluding hydrogens is 716 g/mol. The minimum absolute atomic E-state index is 0.0266. The second kappa shape index (κ2) is 19.7. The van der Waals surface area contributed by atoms with Gasteiger partial charge in [0.2, 0.25) is 0 Å². The number of rotatable bonds is 22. The monoisotopic (exact) mass is 760 g/mol. The minimum atomic E-state index is -0.563. The van der Waals surface area contributed by atoms with Crippen molar-refractivity contribution in [3.63, 3.8) is 0 Å². The summed E-state index contributed by atoms with van der Waals surface area (Å²) >= 11 is 0. The maximum absolute atomic E-state index is 12.4. The lowest BCUT2D eigenvalue weighted by molar-refractivity contribution is -0.385. The third kappa shape index (κ3) is 10.9. The van der Waals surface area contributed by atoms with Crippen molar-refractivity contribution in [2.45, 2.75) is 72.6 Å². The summed E-state index contributed by atoms with van der Waals surface area (Å²) in [4.78, 5) is 46.0. The van der Waals surface area contributed by atoms with Gasteiger partial charge in [-0.3, -0.25) is 40.5 Å². The van der Waals surface area contributed by atoms with Gasteiger partial charge in [0, 0.05) is 101 Å². The van der Waals surface area contributed by atoms with Crippen molar-refractivity contribution in [2.24, 2.45) is 0 Å². The molecule has 0 aliphatic carbocycles. The molecule has 0 amide bonds. The van der Waals surface area contributed by atoms with Gasteiger partial charge in [-0.15, -0.1) is 0 Å². The molecule has 0 unspecified atom stereocenters. The van der Waals surface area contributed by atoms with Crippen LogP contribution in [0.2, 0.25) is 0 Å². The number of ether oxygens (including phenoxy) is 4. The van der Waals surface area contributed by atoms with Crippen LogP contribution in [0.1, 0.15) is 86.8 Å². The van der Waals surface area contributed by atoms with Crippen molar-refractivity contribution < 1.29 is 38.6 Å². The molecule has 0 atom stereocenters. The second-order valence-electron chi connectivity index (χ2n) is 12.7. The lowest BCUT2D eigenvalue weighted by Crippen LogP contribution is -2.09. The van der Waals surface area contributed by atoms with Crippen LogP contribution in [-0.4, -0.2) is 46.1 Å². The van der Waals surface area contributed by atoms with Crippen LogP contribution in [0.4, 0.5) is 22.7 Å². The fraction of sp³-hybridized carbons (Fsp3) is 0.385. The molecule has 16 heteroatoms. The molecule has 0 saturated carbocycles. The van der Waals surface area contributed by atoms with E-state index in [0.717, 1.165) is 0 Å². The molecule has 0 fully saturated rings. The molecule has 0 heterocycles. The third-order valence-electron chi connectivity index (χ3n) is 8.35. The van der Waals surface area contributed by atoms with Gasteiger partial charge in [-0.05, 0) is 37.8 Å². The maximum Gasteiger partial charge on any atom is 0.270 e. The quantitative estimate of drug-likeness (QED) is 0.0542. The number of hydrogen-bond acceptors (Lipinski definition) is 12. The Morgan fingerprint density at radius 2 is 0.673 bits per heavy atom. The van der Waals surface area contributed by atoms with Gasteiger partial charge in [-0.1, -0.05) is 27.7 Å². The molecule has 0 N–H and O–H groups in total. The smallest absolute Gasteiger partial charge is 0.270 e. The van der Waals surface area contributed by atoms with E-state index in [9.17, 15) is 40.5 Å². The third-order valence-corrected chi connectivity index (χ3v) is 8.35. The molecule has 0 bridgehead atoms. The van der Waals surface area contributed by atoms with Crippen molar-refractivity contribution in [3.8, 4) is 23.0 Å². The fourth-order valence-electron chi connectivity index (χ4n) is 5.94. The Balaban J connectivity index is 1.95. The molecular formula is C39H44N4O12. The Bertz CT molecular complexity index is 1890. The molecule has 0 aliphatic heterocycles. The summed E-state index contributed by atoms with van der Waals surface area (Å²) in [6, 6.07) is 13.8. The topological polar surface area (TPSA) is 209 Å². The standard InChI is InChI=1S/C39H44N4O12/c1-5-13-52-36-11-9-32(40(44)45)20-26(36)17-28-22-34(42(48)49)24-30(38(28)54-15-7-3)19-31-25-35(43(50)51)23-29(39(31)55-16-8-4)18-27-21-33(41(46)47)10-12-37(27)53-14-6-2/h9-12,20-25H,5-8,13-19H2,1-4H3. The van der Waals surface area contributed by atoms with Crippen LogP contribution in [0, 0.1) is 40.5 Å². The van der Waals surface area contributed by atoms with Crippen LogP contribution in [0.3, 0.4) is 0 Å². The fourth-order valence-corrected chi connectivity index (χ4v) is 5.94. The van der Waals surface area contributed by atoms with Gasteiger partial charge >= 0.3 is 0 Å². The molecule has 4 aromatic rings. The Kier molecular flexibility index (Phi) is 14.8. The number of nitro groups is 4. The highest BCUT2D eigenvalue weighted by Gasteiger charge is 2.26. The van der Waals surface area contributed by atoms with E-state index in [1.165, 1.54) is 60.7 Å². The predicted molar refractivity (Wildman–Crippen MR) is 204 cm³/mol. The molecule has 0 saturated heterocycles. The van der Waals surface area contributed by atoms with E-state index in [0.29, 0.717) is 83.8 Å². The maximum atomic E-state index is 12.4. The predicted octanol–water partition coefficient (Wildman–Crippen LogP) is 9.25. The first kappa shape index (κ1) is 41.4. The zero-order chi connectivity index (χ0) is 40.1. The molecule has 0 radical (unpaired) electrons. The van der Waals surface area contributed by atoms with Crippen LogP contribution < -0.4 is 18.9 Å². The molecule has 4 aromatic carbocycles. The number of non-ortho nitro benzene ring substituents is 4. The van der Waals surface area contributed by atoms with Gasteiger partial charge in [-0.2, -0.15) is 0 Å².